The summed E-state index contributed by atoms with van der Waals surface area (Å²) in [6, 6.07) is 8.24. The molecule has 2 aliphatic rings. The number of benzene rings is 1. The number of hydrogen-bond acceptors (Lipinski definition) is 3. The minimum absolute atomic E-state index is 0.187. The highest BCUT2D eigenvalue weighted by Crippen LogP contribution is 2.23. The zero-order chi connectivity index (χ0) is 16.1. The molecule has 0 bridgehead atoms. The third-order valence-corrected chi connectivity index (χ3v) is 5.06. The van der Waals surface area contributed by atoms with Crippen molar-refractivity contribution >= 4 is 5.91 Å². The molecule has 0 saturated carbocycles. The molecule has 0 spiro atoms. The predicted octanol–water partition coefficient (Wildman–Crippen LogP) is 2.92. The van der Waals surface area contributed by atoms with Gasteiger partial charge < -0.3 is 9.64 Å². The highest BCUT2D eigenvalue weighted by molar-refractivity contribution is 5.79. The summed E-state index contributed by atoms with van der Waals surface area (Å²) in [5.74, 6) is 1.48. The van der Waals surface area contributed by atoms with Crippen LogP contribution >= 0.6 is 0 Å². The first kappa shape index (κ1) is 16.3. The van der Waals surface area contributed by atoms with E-state index in [9.17, 15) is 4.79 Å². The van der Waals surface area contributed by atoms with Gasteiger partial charge in [-0.1, -0.05) is 12.1 Å². The fourth-order valence-electron chi connectivity index (χ4n) is 3.80. The maximum absolute atomic E-state index is 12.7. The number of rotatable bonds is 4. The molecule has 126 valence electrons. The summed E-state index contributed by atoms with van der Waals surface area (Å²) in [5.41, 5.74) is 1.26. The van der Waals surface area contributed by atoms with Crippen LogP contribution in [0.2, 0.25) is 0 Å². The first-order valence-electron chi connectivity index (χ1n) is 8.90. The van der Waals surface area contributed by atoms with Gasteiger partial charge in [0.1, 0.15) is 5.75 Å². The molecule has 2 fully saturated rings. The zero-order valence-corrected chi connectivity index (χ0v) is 14.2. The second-order valence-corrected chi connectivity index (χ2v) is 6.81. The number of piperidine rings is 2. The van der Waals surface area contributed by atoms with E-state index in [4.69, 9.17) is 4.74 Å². The summed E-state index contributed by atoms with van der Waals surface area (Å²) in [5, 5.41) is 0. The SMILES string of the molecule is COc1cccc(CN2CCC[C@H](C(=O)N3CCCCC3)C2)c1. The Labute approximate surface area is 139 Å². The van der Waals surface area contributed by atoms with Crippen molar-refractivity contribution in [1.29, 1.82) is 0 Å². The smallest absolute Gasteiger partial charge is 0.226 e. The van der Waals surface area contributed by atoms with Crippen molar-refractivity contribution in [3.05, 3.63) is 29.8 Å². The standard InChI is InChI=1S/C19H28N2O2/c1-23-18-9-5-7-16(13-18)14-20-10-6-8-17(15-20)19(22)21-11-3-2-4-12-21/h5,7,9,13,17H,2-4,6,8,10-12,14-15H2,1H3/t17-/m0/s1. The predicted molar refractivity (Wildman–Crippen MR) is 91.4 cm³/mol. The summed E-state index contributed by atoms with van der Waals surface area (Å²) in [6.07, 6.45) is 5.78. The average molecular weight is 316 g/mol. The topological polar surface area (TPSA) is 32.8 Å². The summed E-state index contributed by atoms with van der Waals surface area (Å²) in [4.78, 5) is 17.3. The quantitative estimate of drug-likeness (QED) is 0.856. The van der Waals surface area contributed by atoms with E-state index >= 15 is 0 Å². The van der Waals surface area contributed by atoms with Crippen LogP contribution in [0.4, 0.5) is 0 Å². The number of ether oxygens (including phenoxy) is 1. The van der Waals surface area contributed by atoms with E-state index in [1.807, 2.05) is 12.1 Å². The van der Waals surface area contributed by atoms with Gasteiger partial charge in [-0.05, 0) is 56.3 Å². The normalized spacial score (nSPS) is 22.8. The number of amides is 1. The van der Waals surface area contributed by atoms with Crippen molar-refractivity contribution < 1.29 is 9.53 Å². The maximum atomic E-state index is 12.7. The molecule has 1 amide bonds. The lowest BCUT2D eigenvalue weighted by Crippen LogP contribution is -2.46. The minimum atomic E-state index is 0.187. The third-order valence-electron chi connectivity index (χ3n) is 5.06. The lowest BCUT2D eigenvalue weighted by molar-refractivity contribution is -0.138. The van der Waals surface area contributed by atoms with Crippen LogP contribution in [0.5, 0.6) is 5.75 Å². The van der Waals surface area contributed by atoms with Crippen LogP contribution in [-0.2, 0) is 11.3 Å². The number of likely N-dealkylation sites (tertiary alicyclic amines) is 2. The van der Waals surface area contributed by atoms with Crippen molar-refractivity contribution in [2.75, 3.05) is 33.3 Å². The Bertz CT molecular complexity index is 526. The van der Waals surface area contributed by atoms with Gasteiger partial charge >= 0.3 is 0 Å². The summed E-state index contributed by atoms with van der Waals surface area (Å²) >= 11 is 0. The second-order valence-electron chi connectivity index (χ2n) is 6.81. The minimum Gasteiger partial charge on any atom is -0.497 e. The Hall–Kier alpha value is -1.55. The number of nitrogens with zero attached hydrogens (tertiary/aromatic N) is 2. The number of hydrogen-bond donors (Lipinski definition) is 0. The van der Waals surface area contributed by atoms with Gasteiger partial charge in [-0.15, -0.1) is 0 Å². The van der Waals surface area contributed by atoms with E-state index in [2.05, 4.69) is 21.9 Å². The molecule has 1 aromatic rings. The molecular weight excluding hydrogens is 288 g/mol. The molecule has 2 aliphatic heterocycles. The van der Waals surface area contributed by atoms with Gasteiger partial charge in [-0.25, -0.2) is 0 Å². The van der Waals surface area contributed by atoms with E-state index in [1.165, 1.54) is 24.8 Å². The first-order valence-corrected chi connectivity index (χ1v) is 8.90. The summed E-state index contributed by atoms with van der Waals surface area (Å²) in [7, 11) is 1.70. The number of carbonyl (C=O) groups is 1. The van der Waals surface area contributed by atoms with Gasteiger partial charge in [0.2, 0.25) is 5.91 Å². The van der Waals surface area contributed by atoms with Crippen LogP contribution in [0.3, 0.4) is 0 Å². The third kappa shape index (κ3) is 4.25. The van der Waals surface area contributed by atoms with Crippen LogP contribution < -0.4 is 4.74 Å². The van der Waals surface area contributed by atoms with Gasteiger partial charge in [0, 0.05) is 26.2 Å². The van der Waals surface area contributed by atoms with Gasteiger partial charge in [-0.2, -0.15) is 0 Å². The Morgan fingerprint density at radius 2 is 2.00 bits per heavy atom. The van der Waals surface area contributed by atoms with Crippen molar-refractivity contribution in [2.45, 2.75) is 38.6 Å². The molecule has 1 aromatic carbocycles. The number of methoxy groups -OCH3 is 1. The van der Waals surface area contributed by atoms with Crippen LogP contribution in [0.1, 0.15) is 37.7 Å². The van der Waals surface area contributed by atoms with Crippen LogP contribution in [0.25, 0.3) is 0 Å². The first-order chi connectivity index (χ1) is 11.3. The zero-order valence-electron chi connectivity index (χ0n) is 14.2. The molecule has 0 unspecified atom stereocenters. The lowest BCUT2D eigenvalue weighted by atomic mass is 9.95. The molecule has 1 atom stereocenters. The van der Waals surface area contributed by atoms with Crippen molar-refractivity contribution in [3.8, 4) is 5.75 Å². The molecule has 2 saturated heterocycles. The highest BCUT2D eigenvalue weighted by atomic mass is 16.5. The Kier molecular flexibility index (Phi) is 5.55. The van der Waals surface area contributed by atoms with Crippen molar-refractivity contribution in [3.63, 3.8) is 0 Å². The van der Waals surface area contributed by atoms with Crippen LogP contribution in [-0.4, -0.2) is 49.0 Å². The van der Waals surface area contributed by atoms with E-state index in [-0.39, 0.29) is 5.92 Å². The molecule has 2 heterocycles. The van der Waals surface area contributed by atoms with Gasteiger partial charge in [0.15, 0.2) is 0 Å². The van der Waals surface area contributed by atoms with Gasteiger partial charge in [0.05, 0.1) is 13.0 Å². The Morgan fingerprint density at radius 1 is 1.17 bits per heavy atom. The Balaban J connectivity index is 1.58. The highest BCUT2D eigenvalue weighted by Gasteiger charge is 2.29. The summed E-state index contributed by atoms with van der Waals surface area (Å²) in [6.45, 7) is 4.81. The second kappa shape index (κ2) is 7.82. The lowest BCUT2D eigenvalue weighted by Gasteiger charge is -2.36. The largest absolute Gasteiger partial charge is 0.497 e. The van der Waals surface area contributed by atoms with Crippen molar-refractivity contribution in [1.82, 2.24) is 9.80 Å². The van der Waals surface area contributed by atoms with E-state index in [1.54, 1.807) is 7.11 Å². The molecule has 3 rings (SSSR count). The molecule has 23 heavy (non-hydrogen) atoms. The maximum Gasteiger partial charge on any atom is 0.226 e. The molecule has 4 heteroatoms. The summed E-state index contributed by atoms with van der Waals surface area (Å²) < 4.78 is 5.30. The van der Waals surface area contributed by atoms with Crippen molar-refractivity contribution in [2.24, 2.45) is 5.92 Å². The molecule has 0 radical (unpaired) electrons. The van der Waals surface area contributed by atoms with Crippen LogP contribution in [0, 0.1) is 5.92 Å². The average Bonchev–Trinajstić information content (AvgIpc) is 2.62. The molecule has 4 nitrogen and oxygen atoms in total. The molecule has 0 aromatic heterocycles. The van der Waals surface area contributed by atoms with E-state index in [0.29, 0.717) is 5.91 Å². The monoisotopic (exact) mass is 316 g/mol. The van der Waals surface area contributed by atoms with Gasteiger partial charge in [-0.3, -0.25) is 9.69 Å². The fourth-order valence-corrected chi connectivity index (χ4v) is 3.80. The number of carbonyl (C=O) groups excluding carboxylic acids is 1. The van der Waals surface area contributed by atoms with E-state index < -0.39 is 0 Å². The molecule has 0 N–H and O–H groups in total. The fraction of sp³-hybridized carbons (Fsp3) is 0.632. The Morgan fingerprint density at radius 3 is 2.78 bits per heavy atom. The van der Waals surface area contributed by atoms with E-state index in [0.717, 1.165) is 51.3 Å². The molecule has 0 aliphatic carbocycles. The molecular formula is C19H28N2O2. The van der Waals surface area contributed by atoms with Gasteiger partial charge in [0.25, 0.3) is 0 Å². The van der Waals surface area contributed by atoms with Crippen LogP contribution in [0.15, 0.2) is 24.3 Å².